The number of rotatable bonds is 6. The molecule has 0 unspecified atom stereocenters. The number of piperazine rings is 1. The molecule has 1 heterocycles. The summed E-state index contributed by atoms with van der Waals surface area (Å²) in [5.41, 5.74) is 2.52. The van der Waals surface area contributed by atoms with Gasteiger partial charge in [0.25, 0.3) is 0 Å². The third kappa shape index (κ3) is 4.94. The number of amides is 1. The Morgan fingerprint density at radius 1 is 1.08 bits per heavy atom. The summed E-state index contributed by atoms with van der Waals surface area (Å²) < 4.78 is 5.45. The summed E-state index contributed by atoms with van der Waals surface area (Å²) >= 11 is 1.59. The molecule has 1 amide bonds. The fraction of sp³-hybridized carbons (Fsp3) is 0.381. The number of hydrogen-bond donors (Lipinski definition) is 0. The van der Waals surface area contributed by atoms with Crippen LogP contribution in [-0.4, -0.2) is 49.3 Å². The first-order valence-electron chi connectivity index (χ1n) is 9.11. The molecule has 0 aromatic heterocycles. The molecule has 3 rings (SSSR count). The van der Waals surface area contributed by atoms with Gasteiger partial charge in [0, 0.05) is 36.8 Å². The fourth-order valence-corrected chi connectivity index (χ4v) is 3.88. The maximum atomic E-state index is 12.5. The molecule has 138 valence electrons. The fourth-order valence-electron chi connectivity index (χ4n) is 3.07. The molecule has 0 bridgehead atoms. The first-order chi connectivity index (χ1) is 12.7. The molecule has 0 saturated carbocycles. The lowest BCUT2D eigenvalue weighted by molar-refractivity contribution is -0.128. The zero-order chi connectivity index (χ0) is 18.4. The van der Waals surface area contributed by atoms with Gasteiger partial charge < -0.3 is 14.5 Å². The molecular weight excluding hydrogens is 344 g/mol. The summed E-state index contributed by atoms with van der Waals surface area (Å²) in [6, 6.07) is 16.5. The summed E-state index contributed by atoms with van der Waals surface area (Å²) in [4.78, 5) is 17.9. The van der Waals surface area contributed by atoms with Crippen molar-refractivity contribution in [2.75, 3.05) is 43.4 Å². The van der Waals surface area contributed by atoms with Crippen molar-refractivity contribution in [3.05, 3.63) is 54.1 Å². The minimum absolute atomic E-state index is 0.216. The van der Waals surface area contributed by atoms with Crippen LogP contribution in [0.4, 0.5) is 5.69 Å². The number of aryl methyl sites for hydroxylation is 1. The molecule has 5 heteroatoms. The SMILES string of the molecule is CCOc1ccc(SCC(=O)N2CCN(c3cccc(C)c3)CC2)cc1. The summed E-state index contributed by atoms with van der Waals surface area (Å²) in [6.45, 7) is 8.11. The van der Waals surface area contributed by atoms with E-state index >= 15 is 0 Å². The number of hydrogen-bond acceptors (Lipinski definition) is 4. The van der Waals surface area contributed by atoms with E-state index in [9.17, 15) is 4.79 Å². The van der Waals surface area contributed by atoms with Crippen LogP contribution < -0.4 is 9.64 Å². The van der Waals surface area contributed by atoms with Gasteiger partial charge in [-0.2, -0.15) is 0 Å². The highest BCUT2D eigenvalue weighted by atomic mass is 32.2. The van der Waals surface area contributed by atoms with Gasteiger partial charge in [-0.1, -0.05) is 12.1 Å². The number of carbonyl (C=O) groups excluding carboxylic acids is 1. The van der Waals surface area contributed by atoms with Gasteiger partial charge in [0.1, 0.15) is 5.75 Å². The highest BCUT2D eigenvalue weighted by Crippen LogP contribution is 2.23. The number of benzene rings is 2. The van der Waals surface area contributed by atoms with E-state index in [1.54, 1.807) is 11.8 Å². The summed E-state index contributed by atoms with van der Waals surface area (Å²) in [7, 11) is 0. The second-order valence-electron chi connectivity index (χ2n) is 6.40. The lowest BCUT2D eigenvalue weighted by Crippen LogP contribution is -2.49. The highest BCUT2D eigenvalue weighted by molar-refractivity contribution is 8.00. The van der Waals surface area contributed by atoms with Crippen LogP contribution >= 0.6 is 11.8 Å². The van der Waals surface area contributed by atoms with E-state index in [-0.39, 0.29) is 5.91 Å². The molecule has 0 atom stereocenters. The van der Waals surface area contributed by atoms with Gasteiger partial charge in [-0.05, 0) is 55.8 Å². The second kappa shape index (κ2) is 8.99. The maximum absolute atomic E-state index is 12.5. The average molecular weight is 371 g/mol. The Labute approximate surface area is 160 Å². The van der Waals surface area contributed by atoms with Crippen LogP contribution in [-0.2, 0) is 4.79 Å². The molecular formula is C21H26N2O2S. The van der Waals surface area contributed by atoms with Gasteiger partial charge in [-0.3, -0.25) is 4.79 Å². The molecule has 4 nitrogen and oxygen atoms in total. The van der Waals surface area contributed by atoms with Crippen molar-refractivity contribution in [3.8, 4) is 5.75 Å². The minimum Gasteiger partial charge on any atom is -0.494 e. The van der Waals surface area contributed by atoms with E-state index in [0.717, 1.165) is 36.8 Å². The molecule has 0 N–H and O–H groups in total. The molecule has 0 spiro atoms. The maximum Gasteiger partial charge on any atom is 0.233 e. The van der Waals surface area contributed by atoms with Crippen LogP contribution in [0, 0.1) is 6.92 Å². The van der Waals surface area contributed by atoms with E-state index in [1.165, 1.54) is 11.3 Å². The minimum atomic E-state index is 0.216. The first-order valence-corrected chi connectivity index (χ1v) is 10.1. The molecule has 1 saturated heterocycles. The van der Waals surface area contributed by atoms with Crippen LogP contribution in [0.1, 0.15) is 12.5 Å². The van der Waals surface area contributed by atoms with Crippen LogP contribution in [0.15, 0.2) is 53.4 Å². The van der Waals surface area contributed by atoms with Crippen LogP contribution in [0.3, 0.4) is 0 Å². The summed E-state index contributed by atoms with van der Waals surface area (Å²) in [5, 5.41) is 0. The Hall–Kier alpha value is -2.14. The van der Waals surface area contributed by atoms with E-state index in [1.807, 2.05) is 36.1 Å². The first kappa shape index (κ1) is 18.6. The molecule has 2 aromatic carbocycles. The third-order valence-corrected chi connectivity index (χ3v) is 5.49. The normalized spacial score (nSPS) is 14.4. The van der Waals surface area contributed by atoms with Gasteiger partial charge in [-0.25, -0.2) is 0 Å². The molecule has 0 radical (unpaired) electrons. The Morgan fingerprint density at radius 3 is 2.46 bits per heavy atom. The van der Waals surface area contributed by atoms with Gasteiger partial charge in [0.15, 0.2) is 0 Å². The van der Waals surface area contributed by atoms with Crippen LogP contribution in [0.5, 0.6) is 5.75 Å². The summed E-state index contributed by atoms with van der Waals surface area (Å²) in [5.74, 6) is 1.57. The zero-order valence-corrected chi connectivity index (χ0v) is 16.3. The standard InChI is InChI=1S/C21H26N2O2S/c1-3-25-19-7-9-20(10-8-19)26-16-21(24)23-13-11-22(12-14-23)18-6-4-5-17(2)15-18/h4-10,15H,3,11-14,16H2,1-2H3. The Morgan fingerprint density at radius 2 is 1.81 bits per heavy atom. The predicted molar refractivity (Wildman–Crippen MR) is 108 cm³/mol. The van der Waals surface area contributed by atoms with Crippen molar-refractivity contribution >= 4 is 23.4 Å². The van der Waals surface area contributed by atoms with Crippen molar-refractivity contribution in [3.63, 3.8) is 0 Å². The monoisotopic (exact) mass is 370 g/mol. The van der Waals surface area contributed by atoms with Crippen molar-refractivity contribution in [2.45, 2.75) is 18.7 Å². The Kier molecular flexibility index (Phi) is 6.45. The zero-order valence-electron chi connectivity index (χ0n) is 15.5. The number of thioether (sulfide) groups is 1. The summed E-state index contributed by atoms with van der Waals surface area (Å²) in [6.07, 6.45) is 0. The van der Waals surface area contributed by atoms with Crippen molar-refractivity contribution in [2.24, 2.45) is 0 Å². The lowest BCUT2D eigenvalue weighted by Gasteiger charge is -2.36. The number of nitrogens with zero attached hydrogens (tertiary/aromatic N) is 2. The van der Waals surface area contributed by atoms with Gasteiger partial charge >= 0.3 is 0 Å². The predicted octanol–water partition coefficient (Wildman–Crippen LogP) is 3.83. The largest absolute Gasteiger partial charge is 0.494 e. The van der Waals surface area contributed by atoms with E-state index in [4.69, 9.17) is 4.74 Å². The Balaban J connectivity index is 1.46. The quantitative estimate of drug-likeness (QED) is 0.724. The molecule has 1 fully saturated rings. The van der Waals surface area contributed by atoms with Gasteiger partial charge in [-0.15, -0.1) is 11.8 Å². The second-order valence-corrected chi connectivity index (χ2v) is 7.45. The van der Waals surface area contributed by atoms with E-state index < -0.39 is 0 Å². The molecule has 0 aliphatic carbocycles. The topological polar surface area (TPSA) is 32.8 Å². The smallest absolute Gasteiger partial charge is 0.233 e. The highest BCUT2D eigenvalue weighted by Gasteiger charge is 2.21. The van der Waals surface area contributed by atoms with Crippen molar-refractivity contribution < 1.29 is 9.53 Å². The van der Waals surface area contributed by atoms with E-state index in [2.05, 4.69) is 36.1 Å². The average Bonchev–Trinajstić information content (AvgIpc) is 2.67. The van der Waals surface area contributed by atoms with Crippen LogP contribution in [0.2, 0.25) is 0 Å². The van der Waals surface area contributed by atoms with Gasteiger partial charge in [0.2, 0.25) is 5.91 Å². The van der Waals surface area contributed by atoms with Gasteiger partial charge in [0.05, 0.1) is 12.4 Å². The molecule has 26 heavy (non-hydrogen) atoms. The lowest BCUT2D eigenvalue weighted by atomic mass is 10.2. The number of ether oxygens (including phenoxy) is 1. The molecule has 1 aliphatic heterocycles. The van der Waals surface area contributed by atoms with E-state index in [0.29, 0.717) is 12.4 Å². The molecule has 2 aromatic rings. The Bertz CT molecular complexity index is 725. The number of anilines is 1. The number of carbonyl (C=O) groups is 1. The van der Waals surface area contributed by atoms with Crippen molar-refractivity contribution in [1.29, 1.82) is 0 Å². The molecule has 1 aliphatic rings. The third-order valence-electron chi connectivity index (χ3n) is 4.50. The van der Waals surface area contributed by atoms with Crippen LogP contribution in [0.25, 0.3) is 0 Å². The van der Waals surface area contributed by atoms with Crippen molar-refractivity contribution in [1.82, 2.24) is 4.90 Å².